The molecule has 0 spiro atoms. The Bertz CT molecular complexity index is 478. The summed E-state index contributed by atoms with van der Waals surface area (Å²) in [4.78, 5) is 0. The molecule has 0 saturated carbocycles. The first-order valence-electron chi connectivity index (χ1n) is 4.56. The third kappa shape index (κ3) is 2.63. The first-order chi connectivity index (χ1) is 7.66. The van der Waals surface area contributed by atoms with Gasteiger partial charge in [0.05, 0.1) is 17.9 Å². The normalized spacial score (nSPS) is 12.7. The third-order valence-corrected chi connectivity index (χ3v) is 3.13. The van der Waals surface area contributed by atoms with Gasteiger partial charge in [-0.3, -0.25) is 0 Å². The van der Waals surface area contributed by atoms with Crippen LogP contribution in [0.5, 0.6) is 0 Å². The fraction of sp³-hybridized carbons (Fsp3) is 0.200. The Morgan fingerprint density at radius 3 is 2.94 bits per heavy atom. The van der Waals surface area contributed by atoms with E-state index >= 15 is 0 Å². The Hall–Kier alpha value is -0.850. The summed E-state index contributed by atoms with van der Waals surface area (Å²) in [5.41, 5.74) is 0.941. The molecule has 1 atom stereocenters. The molecule has 84 valence electrons. The molecule has 0 aliphatic rings. The zero-order chi connectivity index (χ0) is 11.5. The van der Waals surface area contributed by atoms with Crippen LogP contribution in [0.25, 0.3) is 0 Å². The Kier molecular flexibility index (Phi) is 3.63. The molecule has 1 unspecified atom stereocenters. The van der Waals surface area contributed by atoms with Crippen molar-refractivity contribution < 1.29 is 9.50 Å². The zero-order valence-electron chi connectivity index (χ0n) is 8.10. The van der Waals surface area contributed by atoms with E-state index in [1.54, 1.807) is 12.1 Å². The number of nitrogens with zero attached hydrogens (tertiary/aromatic N) is 2. The van der Waals surface area contributed by atoms with Crippen molar-refractivity contribution in [2.45, 2.75) is 12.5 Å². The van der Waals surface area contributed by atoms with Crippen molar-refractivity contribution in [3.63, 3.8) is 0 Å². The van der Waals surface area contributed by atoms with Crippen LogP contribution in [0, 0.1) is 5.82 Å². The molecule has 16 heavy (non-hydrogen) atoms. The molecule has 0 amide bonds. The highest BCUT2D eigenvalue weighted by Crippen LogP contribution is 2.21. The lowest BCUT2D eigenvalue weighted by Crippen LogP contribution is -2.03. The van der Waals surface area contributed by atoms with Crippen LogP contribution in [0.15, 0.2) is 28.9 Å². The maximum absolute atomic E-state index is 13.5. The largest absolute Gasteiger partial charge is 0.386 e. The van der Waals surface area contributed by atoms with Crippen LogP contribution in [-0.2, 0) is 6.42 Å². The number of aliphatic hydroxyl groups excluding tert-OH is 1. The molecule has 6 heteroatoms. The van der Waals surface area contributed by atoms with Gasteiger partial charge in [0.25, 0.3) is 0 Å². The molecule has 1 aromatic carbocycles. The second-order valence-corrected chi connectivity index (χ2v) is 4.76. The molecular formula is C10H8BrFN2OS. The Morgan fingerprint density at radius 2 is 2.31 bits per heavy atom. The van der Waals surface area contributed by atoms with E-state index in [1.165, 1.54) is 12.3 Å². The van der Waals surface area contributed by atoms with E-state index in [1.807, 2.05) is 0 Å². The molecule has 2 rings (SSSR count). The van der Waals surface area contributed by atoms with Crippen LogP contribution >= 0.6 is 27.7 Å². The lowest BCUT2D eigenvalue weighted by Gasteiger charge is -2.08. The zero-order valence-corrected chi connectivity index (χ0v) is 10.5. The summed E-state index contributed by atoms with van der Waals surface area (Å²) in [6.07, 6.45) is 0.880. The van der Waals surface area contributed by atoms with Crippen LogP contribution in [0.1, 0.15) is 17.4 Å². The van der Waals surface area contributed by atoms with Gasteiger partial charge in [-0.2, -0.15) is 8.75 Å². The summed E-state index contributed by atoms with van der Waals surface area (Å²) in [7, 11) is 0. The summed E-state index contributed by atoms with van der Waals surface area (Å²) in [6, 6.07) is 4.76. The van der Waals surface area contributed by atoms with E-state index in [0.717, 1.165) is 11.7 Å². The van der Waals surface area contributed by atoms with Gasteiger partial charge in [-0.05, 0) is 17.7 Å². The Balaban J connectivity index is 2.15. The van der Waals surface area contributed by atoms with Crippen molar-refractivity contribution in [2.24, 2.45) is 0 Å². The molecule has 0 bridgehead atoms. The second-order valence-electron chi connectivity index (χ2n) is 3.29. The first-order valence-corrected chi connectivity index (χ1v) is 6.08. The van der Waals surface area contributed by atoms with Gasteiger partial charge in [-0.25, -0.2) is 4.39 Å². The average molecular weight is 303 g/mol. The lowest BCUT2D eigenvalue weighted by molar-refractivity contribution is 0.173. The van der Waals surface area contributed by atoms with Gasteiger partial charge in [0, 0.05) is 10.9 Å². The third-order valence-electron chi connectivity index (χ3n) is 2.15. The highest BCUT2D eigenvalue weighted by Gasteiger charge is 2.13. The number of aromatic nitrogens is 2. The minimum atomic E-state index is -0.811. The van der Waals surface area contributed by atoms with Crippen LogP contribution in [0.4, 0.5) is 4.39 Å². The van der Waals surface area contributed by atoms with E-state index in [0.29, 0.717) is 15.7 Å². The molecule has 0 radical (unpaired) electrons. The quantitative estimate of drug-likeness (QED) is 0.948. The first kappa shape index (κ1) is 11.6. The van der Waals surface area contributed by atoms with Crippen LogP contribution < -0.4 is 0 Å². The molecule has 1 N–H and O–H groups in total. The molecule has 0 aliphatic carbocycles. The average Bonchev–Trinajstić information content (AvgIpc) is 2.75. The topological polar surface area (TPSA) is 46.0 Å². The minimum Gasteiger partial charge on any atom is -0.386 e. The van der Waals surface area contributed by atoms with Gasteiger partial charge < -0.3 is 5.11 Å². The van der Waals surface area contributed by atoms with Crippen molar-refractivity contribution in [3.05, 3.63) is 45.9 Å². The Morgan fingerprint density at radius 1 is 1.50 bits per heavy atom. The molecule has 1 aromatic heterocycles. The molecular weight excluding hydrogens is 295 g/mol. The predicted molar refractivity (Wildman–Crippen MR) is 62.7 cm³/mol. The summed E-state index contributed by atoms with van der Waals surface area (Å²) >= 11 is 4.20. The molecule has 2 aromatic rings. The highest BCUT2D eigenvalue weighted by atomic mass is 79.9. The van der Waals surface area contributed by atoms with Crippen molar-refractivity contribution in [3.8, 4) is 0 Å². The van der Waals surface area contributed by atoms with Crippen LogP contribution in [-0.4, -0.2) is 13.9 Å². The van der Waals surface area contributed by atoms with Crippen molar-refractivity contribution in [1.82, 2.24) is 8.75 Å². The summed E-state index contributed by atoms with van der Waals surface area (Å²) in [5.74, 6) is -0.336. The second kappa shape index (κ2) is 4.99. The SMILES string of the molecule is OC(Cc1ccc(Br)cc1F)c1cnsn1. The van der Waals surface area contributed by atoms with Crippen molar-refractivity contribution in [2.75, 3.05) is 0 Å². The van der Waals surface area contributed by atoms with E-state index in [9.17, 15) is 9.50 Å². The van der Waals surface area contributed by atoms with E-state index < -0.39 is 6.10 Å². The number of rotatable bonds is 3. The monoisotopic (exact) mass is 302 g/mol. The number of hydrogen-bond acceptors (Lipinski definition) is 4. The predicted octanol–water partition coefficient (Wildman–Crippen LogP) is 2.72. The van der Waals surface area contributed by atoms with Gasteiger partial charge in [0.2, 0.25) is 0 Å². The number of halogens is 2. The van der Waals surface area contributed by atoms with Crippen molar-refractivity contribution >= 4 is 27.7 Å². The summed E-state index contributed by atoms with van der Waals surface area (Å²) in [6.45, 7) is 0. The van der Waals surface area contributed by atoms with E-state index in [2.05, 4.69) is 24.7 Å². The van der Waals surface area contributed by atoms with Gasteiger partial charge in [-0.1, -0.05) is 22.0 Å². The molecule has 3 nitrogen and oxygen atoms in total. The maximum atomic E-state index is 13.5. The Labute approximate surface area is 104 Å². The summed E-state index contributed by atoms with van der Waals surface area (Å²) < 4.78 is 21.9. The van der Waals surface area contributed by atoms with E-state index in [-0.39, 0.29) is 12.2 Å². The van der Waals surface area contributed by atoms with Gasteiger partial charge in [-0.15, -0.1) is 0 Å². The maximum Gasteiger partial charge on any atom is 0.127 e. The number of aliphatic hydroxyl groups is 1. The lowest BCUT2D eigenvalue weighted by atomic mass is 10.1. The molecule has 0 aliphatic heterocycles. The molecule has 1 heterocycles. The van der Waals surface area contributed by atoms with E-state index in [4.69, 9.17) is 0 Å². The molecule has 0 saturated heterocycles. The minimum absolute atomic E-state index is 0.199. The number of benzene rings is 1. The fourth-order valence-corrected chi connectivity index (χ4v) is 2.12. The van der Waals surface area contributed by atoms with Crippen LogP contribution in [0.3, 0.4) is 0 Å². The fourth-order valence-electron chi connectivity index (χ4n) is 1.32. The van der Waals surface area contributed by atoms with Gasteiger partial charge in [0.15, 0.2) is 0 Å². The van der Waals surface area contributed by atoms with Crippen LogP contribution in [0.2, 0.25) is 0 Å². The molecule has 0 fully saturated rings. The highest BCUT2D eigenvalue weighted by molar-refractivity contribution is 9.10. The number of hydrogen-bond donors (Lipinski definition) is 1. The van der Waals surface area contributed by atoms with Gasteiger partial charge in [0.1, 0.15) is 17.6 Å². The van der Waals surface area contributed by atoms with Crippen molar-refractivity contribution in [1.29, 1.82) is 0 Å². The standard InChI is InChI=1S/C10H8BrFN2OS/c11-7-2-1-6(8(12)4-7)3-10(15)9-5-13-16-14-9/h1-2,4-5,10,15H,3H2. The van der Waals surface area contributed by atoms with Gasteiger partial charge >= 0.3 is 0 Å². The summed E-state index contributed by atoms with van der Waals surface area (Å²) in [5, 5.41) is 9.78. The smallest absolute Gasteiger partial charge is 0.127 e.